The molecule has 1 aliphatic rings. The summed E-state index contributed by atoms with van der Waals surface area (Å²) < 4.78 is 18.4. The molecule has 1 heterocycles. The maximum atomic E-state index is 13.1. The first-order valence-electron chi connectivity index (χ1n) is 5.82. The SMILES string of the molecule is Cc1ccc(F)cc1CNC1CCOCC1. The van der Waals surface area contributed by atoms with Gasteiger partial charge >= 0.3 is 0 Å². The fraction of sp³-hybridized carbons (Fsp3) is 0.538. The van der Waals surface area contributed by atoms with E-state index < -0.39 is 0 Å². The number of aryl methyl sites for hydroxylation is 1. The molecule has 0 aromatic heterocycles. The molecule has 1 N–H and O–H groups in total. The Balaban J connectivity index is 1.90. The molecule has 0 unspecified atom stereocenters. The van der Waals surface area contributed by atoms with E-state index in [2.05, 4.69) is 5.32 Å². The number of rotatable bonds is 3. The van der Waals surface area contributed by atoms with Gasteiger partial charge in [0.1, 0.15) is 5.82 Å². The standard InChI is InChI=1S/C13H18FNO/c1-10-2-3-12(14)8-11(10)9-15-13-4-6-16-7-5-13/h2-3,8,13,15H,4-7,9H2,1H3. The summed E-state index contributed by atoms with van der Waals surface area (Å²) in [6.07, 6.45) is 2.10. The lowest BCUT2D eigenvalue weighted by Crippen LogP contribution is -2.34. The first-order valence-corrected chi connectivity index (χ1v) is 5.82. The number of nitrogens with one attached hydrogen (secondary N) is 1. The van der Waals surface area contributed by atoms with Crippen LogP contribution in [0.15, 0.2) is 18.2 Å². The van der Waals surface area contributed by atoms with Gasteiger partial charge in [-0.25, -0.2) is 4.39 Å². The lowest BCUT2D eigenvalue weighted by molar-refractivity contribution is 0.0776. The van der Waals surface area contributed by atoms with E-state index in [9.17, 15) is 4.39 Å². The largest absolute Gasteiger partial charge is 0.381 e. The van der Waals surface area contributed by atoms with Gasteiger partial charge in [0, 0.05) is 25.8 Å². The summed E-state index contributed by atoms with van der Waals surface area (Å²) in [7, 11) is 0. The molecule has 1 aromatic carbocycles. The first-order chi connectivity index (χ1) is 7.75. The smallest absolute Gasteiger partial charge is 0.123 e. The van der Waals surface area contributed by atoms with E-state index in [4.69, 9.17) is 4.74 Å². The van der Waals surface area contributed by atoms with Gasteiger partial charge < -0.3 is 10.1 Å². The topological polar surface area (TPSA) is 21.3 Å². The number of hydrogen-bond donors (Lipinski definition) is 1. The second kappa shape index (κ2) is 5.41. The van der Waals surface area contributed by atoms with E-state index in [1.165, 1.54) is 6.07 Å². The molecule has 16 heavy (non-hydrogen) atoms. The molecule has 88 valence electrons. The van der Waals surface area contributed by atoms with Crippen LogP contribution in [-0.4, -0.2) is 19.3 Å². The Morgan fingerprint density at radius 3 is 2.88 bits per heavy atom. The summed E-state index contributed by atoms with van der Waals surface area (Å²) in [5.74, 6) is -0.158. The van der Waals surface area contributed by atoms with Crippen molar-refractivity contribution in [3.63, 3.8) is 0 Å². The molecule has 1 saturated heterocycles. The van der Waals surface area contributed by atoms with Crippen molar-refractivity contribution >= 4 is 0 Å². The van der Waals surface area contributed by atoms with E-state index >= 15 is 0 Å². The molecule has 1 aromatic rings. The van der Waals surface area contributed by atoms with Crippen molar-refractivity contribution in [1.82, 2.24) is 5.32 Å². The fourth-order valence-corrected chi connectivity index (χ4v) is 1.99. The fourth-order valence-electron chi connectivity index (χ4n) is 1.99. The van der Waals surface area contributed by atoms with E-state index in [1.54, 1.807) is 6.07 Å². The Hall–Kier alpha value is -0.930. The van der Waals surface area contributed by atoms with Gasteiger partial charge in [-0.1, -0.05) is 6.07 Å². The highest BCUT2D eigenvalue weighted by atomic mass is 19.1. The Morgan fingerprint density at radius 2 is 2.12 bits per heavy atom. The van der Waals surface area contributed by atoms with Crippen LogP contribution in [0, 0.1) is 12.7 Å². The van der Waals surface area contributed by atoms with Crippen LogP contribution in [0.1, 0.15) is 24.0 Å². The first kappa shape index (κ1) is 11.6. The molecule has 0 atom stereocenters. The summed E-state index contributed by atoms with van der Waals surface area (Å²) in [6.45, 7) is 4.42. The predicted octanol–water partition coefficient (Wildman–Crippen LogP) is 2.40. The van der Waals surface area contributed by atoms with Gasteiger partial charge in [0.05, 0.1) is 0 Å². The normalized spacial score (nSPS) is 17.6. The van der Waals surface area contributed by atoms with E-state index in [0.717, 1.165) is 43.7 Å². The van der Waals surface area contributed by atoms with Gasteiger partial charge in [0.25, 0.3) is 0 Å². The molecule has 1 aliphatic heterocycles. The van der Waals surface area contributed by atoms with Crippen molar-refractivity contribution in [3.8, 4) is 0 Å². The van der Waals surface area contributed by atoms with Crippen LogP contribution >= 0.6 is 0 Å². The van der Waals surface area contributed by atoms with Crippen LogP contribution in [0.4, 0.5) is 4.39 Å². The summed E-state index contributed by atoms with van der Waals surface area (Å²) in [6, 6.07) is 5.46. The molecular formula is C13H18FNO. The third-order valence-corrected chi connectivity index (χ3v) is 3.11. The van der Waals surface area contributed by atoms with Crippen molar-refractivity contribution in [1.29, 1.82) is 0 Å². The van der Waals surface area contributed by atoms with Crippen LogP contribution < -0.4 is 5.32 Å². The van der Waals surface area contributed by atoms with Crippen molar-refractivity contribution in [2.45, 2.75) is 32.4 Å². The van der Waals surface area contributed by atoms with E-state index in [0.29, 0.717) is 6.04 Å². The quantitative estimate of drug-likeness (QED) is 0.849. The summed E-state index contributed by atoms with van der Waals surface area (Å²) >= 11 is 0. The van der Waals surface area contributed by atoms with Crippen LogP contribution in [0.25, 0.3) is 0 Å². The van der Waals surface area contributed by atoms with Crippen molar-refractivity contribution in [2.75, 3.05) is 13.2 Å². The second-order valence-corrected chi connectivity index (χ2v) is 4.34. The van der Waals surface area contributed by atoms with Crippen LogP contribution in [0.2, 0.25) is 0 Å². The predicted molar refractivity (Wildman–Crippen MR) is 61.8 cm³/mol. The van der Waals surface area contributed by atoms with E-state index in [1.807, 2.05) is 13.0 Å². The van der Waals surface area contributed by atoms with Gasteiger partial charge in [-0.2, -0.15) is 0 Å². The van der Waals surface area contributed by atoms with Crippen molar-refractivity contribution < 1.29 is 9.13 Å². The second-order valence-electron chi connectivity index (χ2n) is 4.34. The Kier molecular flexibility index (Phi) is 3.91. The monoisotopic (exact) mass is 223 g/mol. The minimum Gasteiger partial charge on any atom is -0.381 e. The average molecular weight is 223 g/mol. The molecule has 3 heteroatoms. The maximum absolute atomic E-state index is 13.1. The average Bonchev–Trinajstić information content (AvgIpc) is 2.32. The molecule has 0 radical (unpaired) electrons. The van der Waals surface area contributed by atoms with Crippen molar-refractivity contribution in [2.24, 2.45) is 0 Å². The lowest BCUT2D eigenvalue weighted by Gasteiger charge is -2.23. The zero-order valence-electron chi connectivity index (χ0n) is 9.63. The molecule has 2 nitrogen and oxygen atoms in total. The summed E-state index contributed by atoms with van der Waals surface area (Å²) in [5, 5.41) is 3.46. The highest BCUT2D eigenvalue weighted by Crippen LogP contribution is 2.12. The minimum absolute atomic E-state index is 0.158. The lowest BCUT2D eigenvalue weighted by atomic mass is 10.1. The molecule has 1 fully saturated rings. The van der Waals surface area contributed by atoms with Gasteiger partial charge in [-0.05, 0) is 43.0 Å². The van der Waals surface area contributed by atoms with Gasteiger partial charge in [0.15, 0.2) is 0 Å². The Labute approximate surface area is 95.8 Å². The summed E-state index contributed by atoms with van der Waals surface area (Å²) in [5.41, 5.74) is 2.19. The van der Waals surface area contributed by atoms with Crippen LogP contribution in [0.3, 0.4) is 0 Å². The third-order valence-electron chi connectivity index (χ3n) is 3.11. The van der Waals surface area contributed by atoms with Crippen LogP contribution in [0.5, 0.6) is 0 Å². The van der Waals surface area contributed by atoms with Crippen molar-refractivity contribution in [3.05, 3.63) is 35.1 Å². The summed E-state index contributed by atoms with van der Waals surface area (Å²) in [4.78, 5) is 0. The number of hydrogen-bond acceptors (Lipinski definition) is 2. The highest BCUT2D eigenvalue weighted by Gasteiger charge is 2.13. The molecule has 0 saturated carbocycles. The Bertz CT molecular complexity index is 348. The molecule has 2 rings (SSSR count). The number of benzene rings is 1. The van der Waals surface area contributed by atoms with Gasteiger partial charge in [-0.15, -0.1) is 0 Å². The molecule has 0 bridgehead atoms. The van der Waals surface area contributed by atoms with Gasteiger partial charge in [-0.3, -0.25) is 0 Å². The molecule has 0 amide bonds. The molecule has 0 spiro atoms. The maximum Gasteiger partial charge on any atom is 0.123 e. The molecule has 0 aliphatic carbocycles. The zero-order valence-corrected chi connectivity index (χ0v) is 9.63. The Morgan fingerprint density at radius 1 is 1.38 bits per heavy atom. The third kappa shape index (κ3) is 3.03. The van der Waals surface area contributed by atoms with Gasteiger partial charge in [0.2, 0.25) is 0 Å². The number of halogens is 1. The van der Waals surface area contributed by atoms with Crippen LogP contribution in [-0.2, 0) is 11.3 Å². The minimum atomic E-state index is -0.158. The highest BCUT2D eigenvalue weighted by molar-refractivity contribution is 5.26. The zero-order chi connectivity index (χ0) is 11.4. The molecular weight excluding hydrogens is 205 g/mol. The van der Waals surface area contributed by atoms with E-state index in [-0.39, 0.29) is 5.82 Å². The number of ether oxygens (including phenoxy) is 1.